The fourth-order valence-corrected chi connectivity index (χ4v) is 3.71. The molecule has 0 aliphatic heterocycles. The summed E-state index contributed by atoms with van der Waals surface area (Å²) in [5, 5.41) is 35.8. The van der Waals surface area contributed by atoms with Crippen molar-refractivity contribution < 1.29 is 20.1 Å². The zero-order chi connectivity index (χ0) is 24.3. The Morgan fingerprint density at radius 1 is 1.09 bits per heavy atom. The molecule has 34 heavy (non-hydrogen) atoms. The van der Waals surface area contributed by atoms with Crippen molar-refractivity contribution in [3.8, 4) is 17.0 Å². The molecule has 1 unspecified atom stereocenters. The number of likely N-dealkylation sites (N-methyl/N-ethyl adjacent to an activating group) is 1. The highest BCUT2D eigenvalue weighted by Crippen LogP contribution is 2.22. The molecule has 0 aliphatic rings. The van der Waals surface area contributed by atoms with Crippen LogP contribution in [0.3, 0.4) is 0 Å². The van der Waals surface area contributed by atoms with E-state index in [4.69, 9.17) is 5.11 Å². The van der Waals surface area contributed by atoms with Crippen molar-refractivity contribution >= 4 is 23.3 Å². The Labute approximate surface area is 201 Å². The van der Waals surface area contributed by atoms with Gasteiger partial charge in [-0.25, -0.2) is 14.8 Å². The van der Waals surface area contributed by atoms with Crippen molar-refractivity contribution in [3.05, 3.63) is 94.3 Å². The van der Waals surface area contributed by atoms with E-state index in [-0.39, 0.29) is 11.3 Å². The molecule has 0 bridgehead atoms. The van der Waals surface area contributed by atoms with Crippen molar-refractivity contribution in [2.24, 2.45) is 0 Å². The first-order valence-corrected chi connectivity index (χ1v) is 11.4. The maximum Gasteiger partial charge on any atom is 0.339 e. The number of hydrogen-bond acceptors (Lipinski definition) is 8. The quantitative estimate of drug-likeness (QED) is 0.255. The van der Waals surface area contributed by atoms with Gasteiger partial charge in [-0.2, -0.15) is 0 Å². The minimum absolute atomic E-state index is 0.0906. The fraction of sp³-hybridized carbons (Fsp3) is 0.160. The number of carbonyl (C=O) groups is 1. The third kappa shape index (κ3) is 7.11. The Hall–Kier alpha value is -3.79. The summed E-state index contributed by atoms with van der Waals surface area (Å²) >= 11 is 1.64. The number of carboxylic acid groups (broad SMARTS) is 1. The topological polar surface area (TPSA) is 128 Å². The first-order chi connectivity index (χ1) is 16.5. The van der Waals surface area contributed by atoms with Gasteiger partial charge in [0.2, 0.25) is 5.95 Å². The van der Waals surface area contributed by atoms with Crippen LogP contribution in [0.2, 0.25) is 0 Å². The second-order valence-electron chi connectivity index (χ2n) is 7.23. The van der Waals surface area contributed by atoms with Crippen LogP contribution in [0.15, 0.2) is 78.3 Å². The van der Waals surface area contributed by atoms with Gasteiger partial charge in [0.1, 0.15) is 11.3 Å². The van der Waals surface area contributed by atoms with Gasteiger partial charge in [0.25, 0.3) is 0 Å². The number of phenols is 1. The zero-order valence-corrected chi connectivity index (χ0v) is 19.4. The molecular weight excluding hydrogens is 452 g/mol. The predicted molar refractivity (Wildman–Crippen MR) is 133 cm³/mol. The molecule has 0 radical (unpaired) electrons. The summed E-state index contributed by atoms with van der Waals surface area (Å²) in [5.41, 5.74) is 1.98. The van der Waals surface area contributed by atoms with Crippen LogP contribution in [0.5, 0.6) is 5.75 Å². The molecule has 0 fully saturated rings. The lowest BCUT2D eigenvalue weighted by molar-refractivity contribution is 0.0697. The summed E-state index contributed by atoms with van der Waals surface area (Å²) in [7, 11) is 1.77. The van der Waals surface area contributed by atoms with Crippen LogP contribution < -0.4 is 10.6 Å². The van der Waals surface area contributed by atoms with Gasteiger partial charge in [-0.1, -0.05) is 48.5 Å². The number of aliphatic hydroxyl groups is 1. The van der Waals surface area contributed by atoms with Crippen molar-refractivity contribution in [2.45, 2.75) is 12.6 Å². The van der Waals surface area contributed by atoms with Gasteiger partial charge in [0.05, 0.1) is 18.3 Å². The minimum atomic E-state index is -1.04. The second-order valence-corrected chi connectivity index (χ2v) is 8.26. The molecular formula is C25H26N4O4S. The molecule has 9 heteroatoms. The maximum absolute atomic E-state index is 11.4. The smallest absolute Gasteiger partial charge is 0.339 e. The average molecular weight is 479 g/mol. The molecule has 2 aromatic heterocycles. The van der Waals surface area contributed by atoms with Gasteiger partial charge in [-0.05, 0) is 36.2 Å². The number of phenolic OH excluding ortho intramolecular Hbond substituents is 1. The van der Waals surface area contributed by atoms with Gasteiger partial charge in [0.15, 0.2) is 0 Å². The Kier molecular flexibility index (Phi) is 9.10. The van der Waals surface area contributed by atoms with E-state index in [1.165, 1.54) is 6.20 Å². The number of thiophene rings is 1. The number of aromatic nitrogens is 2. The van der Waals surface area contributed by atoms with Crippen LogP contribution in [-0.2, 0) is 6.54 Å². The molecule has 0 saturated heterocycles. The third-order valence-electron chi connectivity index (χ3n) is 4.72. The largest absolute Gasteiger partial charge is 0.508 e. The van der Waals surface area contributed by atoms with Crippen LogP contribution in [0.1, 0.15) is 26.9 Å². The third-order valence-corrected chi connectivity index (χ3v) is 5.60. The highest BCUT2D eigenvalue weighted by molar-refractivity contribution is 7.09. The first-order valence-electron chi connectivity index (χ1n) is 10.5. The fourth-order valence-electron chi connectivity index (χ4n) is 3.06. The standard InChI is InChI=1S/C16H13N3O2S.C9H13NO2/c20-15(21)13-10-18-16(17-9-12-7-4-8-22-12)19-14(13)11-5-2-1-3-6-11;1-10-6-9(12)7-3-2-4-8(11)5-7/h1-8,10H,9H2,(H,20,21)(H,17,18,19);2-5,9-12H,6H2,1H3. The van der Waals surface area contributed by atoms with Crippen LogP contribution >= 0.6 is 11.3 Å². The predicted octanol–water partition coefficient (Wildman–Crippen LogP) is 4.16. The molecule has 2 heterocycles. The van der Waals surface area contributed by atoms with Crippen LogP contribution in [0, 0.1) is 0 Å². The van der Waals surface area contributed by atoms with Crippen molar-refractivity contribution in [1.29, 1.82) is 0 Å². The number of aliphatic hydroxyl groups excluding tert-OH is 1. The van der Waals surface area contributed by atoms with E-state index >= 15 is 0 Å². The van der Waals surface area contributed by atoms with Gasteiger partial charge in [0, 0.05) is 23.2 Å². The SMILES string of the molecule is CNCC(O)c1cccc(O)c1.O=C(O)c1cnc(NCc2cccs2)nc1-c1ccccc1. The molecule has 5 N–H and O–H groups in total. The number of nitrogens with zero attached hydrogens (tertiary/aromatic N) is 2. The maximum atomic E-state index is 11.4. The lowest BCUT2D eigenvalue weighted by Gasteiger charge is -2.09. The number of carboxylic acids is 1. The summed E-state index contributed by atoms with van der Waals surface area (Å²) in [4.78, 5) is 21.0. The van der Waals surface area contributed by atoms with Crippen LogP contribution in [0.4, 0.5) is 5.95 Å². The molecule has 4 rings (SSSR count). The molecule has 0 amide bonds. The molecule has 0 saturated carbocycles. The van der Waals surface area contributed by atoms with E-state index < -0.39 is 12.1 Å². The summed E-state index contributed by atoms with van der Waals surface area (Å²) in [5.74, 6) is -0.441. The lowest BCUT2D eigenvalue weighted by atomic mass is 10.1. The number of nitrogens with one attached hydrogen (secondary N) is 2. The van der Waals surface area contributed by atoms with E-state index in [1.54, 1.807) is 42.6 Å². The van der Waals surface area contributed by atoms with Gasteiger partial charge < -0.3 is 26.0 Å². The van der Waals surface area contributed by atoms with Crippen LogP contribution in [0.25, 0.3) is 11.3 Å². The minimum Gasteiger partial charge on any atom is -0.508 e. The molecule has 1 atom stereocenters. The molecule has 4 aromatic rings. The average Bonchev–Trinajstić information content (AvgIpc) is 3.37. The summed E-state index contributed by atoms with van der Waals surface area (Å²) < 4.78 is 0. The lowest BCUT2D eigenvalue weighted by Crippen LogP contribution is -2.16. The number of hydrogen-bond donors (Lipinski definition) is 5. The first kappa shape index (κ1) is 24.8. The normalized spacial score (nSPS) is 11.2. The van der Waals surface area contributed by atoms with Crippen molar-refractivity contribution in [1.82, 2.24) is 15.3 Å². The summed E-state index contributed by atoms with van der Waals surface area (Å²) in [6, 6.07) is 19.9. The van der Waals surface area contributed by atoms with E-state index in [9.17, 15) is 15.0 Å². The Morgan fingerprint density at radius 3 is 2.53 bits per heavy atom. The molecule has 2 aromatic carbocycles. The number of aromatic carboxylic acids is 1. The molecule has 176 valence electrons. The van der Waals surface area contributed by atoms with E-state index in [1.807, 2.05) is 47.8 Å². The molecule has 0 spiro atoms. The Balaban J connectivity index is 0.000000229. The Morgan fingerprint density at radius 2 is 1.88 bits per heavy atom. The molecule has 8 nitrogen and oxygen atoms in total. The van der Waals surface area contributed by atoms with E-state index in [0.717, 1.165) is 16.0 Å². The number of rotatable bonds is 8. The summed E-state index contributed by atoms with van der Waals surface area (Å²) in [6.07, 6.45) is 0.788. The van der Waals surface area contributed by atoms with Crippen molar-refractivity contribution in [3.63, 3.8) is 0 Å². The van der Waals surface area contributed by atoms with Gasteiger partial charge in [-0.15, -0.1) is 11.3 Å². The van der Waals surface area contributed by atoms with Crippen LogP contribution in [-0.4, -0.2) is 44.8 Å². The number of aromatic hydroxyl groups is 1. The monoisotopic (exact) mass is 478 g/mol. The van der Waals surface area contributed by atoms with E-state index in [0.29, 0.717) is 24.7 Å². The van der Waals surface area contributed by atoms with E-state index in [2.05, 4.69) is 20.6 Å². The highest BCUT2D eigenvalue weighted by Gasteiger charge is 2.15. The number of anilines is 1. The number of benzene rings is 2. The van der Waals surface area contributed by atoms with Gasteiger partial charge >= 0.3 is 5.97 Å². The molecule has 0 aliphatic carbocycles. The summed E-state index contributed by atoms with van der Waals surface area (Å²) in [6.45, 7) is 1.10. The van der Waals surface area contributed by atoms with Gasteiger partial charge in [-0.3, -0.25) is 0 Å². The Bertz CT molecular complexity index is 1190. The zero-order valence-electron chi connectivity index (χ0n) is 18.5. The second kappa shape index (κ2) is 12.4. The highest BCUT2D eigenvalue weighted by atomic mass is 32.1. The van der Waals surface area contributed by atoms with Crippen molar-refractivity contribution in [2.75, 3.05) is 18.9 Å².